The Kier molecular flexibility index (Phi) is 9.17. The molecule has 314 valence electrons. The molecule has 0 aliphatic rings. The van der Waals surface area contributed by atoms with Crippen molar-refractivity contribution in [2.45, 2.75) is 0 Å². The van der Waals surface area contributed by atoms with Crippen LogP contribution in [0.25, 0.3) is 105 Å². The van der Waals surface area contributed by atoms with Gasteiger partial charge in [-0.25, -0.2) is 0 Å². The minimum atomic E-state index is 0.888. The van der Waals surface area contributed by atoms with Gasteiger partial charge in [-0.3, -0.25) is 0 Å². The minimum Gasteiger partial charge on any atom is -0.455 e. The van der Waals surface area contributed by atoms with E-state index >= 15 is 0 Å². The van der Waals surface area contributed by atoms with Crippen molar-refractivity contribution in [3.63, 3.8) is 0 Å². The van der Waals surface area contributed by atoms with Crippen LogP contribution < -0.4 is 4.90 Å². The first-order valence-electron chi connectivity index (χ1n) is 22.9. The molecule has 0 radical (unpaired) electrons. The molecule has 0 amide bonds. The lowest BCUT2D eigenvalue weighted by Crippen LogP contribution is -2.09. The fourth-order valence-electron chi connectivity index (χ4n) is 10.1. The van der Waals surface area contributed by atoms with E-state index in [1.54, 1.807) is 0 Å². The number of hydrogen-bond acceptors (Lipinski definition) is 2. The third kappa shape index (κ3) is 6.76. The van der Waals surface area contributed by atoms with E-state index in [9.17, 15) is 0 Å². The van der Waals surface area contributed by atoms with E-state index < -0.39 is 0 Å². The van der Waals surface area contributed by atoms with E-state index in [1.807, 2.05) is 6.07 Å². The number of rotatable bonds is 8. The summed E-state index contributed by atoms with van der Waals surface area (Å²) in [4.78, 5) is 2.35. The van der Waals surface area contributed by atoms with Gasteiger partial charge in [0.05, 0.1) is 11.0 Å². The Bertz CT molecular complexity index is 3940. The molecule has 0 atom stereocenters. The summed E-state index contributed by atoms with van der Waals surface area (Å²) in [6.45, 7) is 0. The molecule has 0 unspecified atom stereocenters. The van der Waals surface area contributed by atoms with Crippen molar-refractivity contribution in [1.29, 1.82) is 0 Å². The number of fused-ring (bicyclic) bond motifs is 7. The Labute approximate surface area is 388 Å². The van der Waals surface area contributed by atoms with Gasteiger partial charge in [0, 0.05) is 49.9 Å². The van der Waals surface area contributed by atoms with Gasteiger partial charge in [0.25, 0.3) is 0 Å². The lowest BCUT2D eigenvalue weighted by molar-refractivity contribution is 0.670. The molecular formula is C64H42N2O. The topological polar surface area (TPSA) is 21.3 Å². The number of aromatic nitrogens is 1. The predicted octanol–water partition coefficient (Wildman–Crippen LogP) is 18.0. The van der Waals surface area contributed by atoms with Gasteiger partial charge in [-0.15, -0.1) is 0 Å². The number of anilines is 3. The van der Waals surface area contributed by atoms with Crippen molar-refractivity contribution in [3.05, 3.63) is 255 Å². The molecule has 0 aliphatic carbocycles. The average Bonchev–Trinajstić information content (AvgIpc) is 3.95. The number of para-hydroxylation sites is 3. The van der Waals surface area contributed by atoms with Crippen LogP contribution in [-0.4, -0.2) is 4.57 Å². The molecule has 2 heterocycles. The summed E-state index contributed by atoms with van der Waals surface area (Å²) in [5.41, 5.74) is 17.9. The van der Waals surface area contributed by atoms with Gasteiger partial charge in [0.2, 0.25) is 0 Å². The van der Waals surface area contributed by atoms with Gasteiger partial charge in [-0.05, 0) is 135 Å². The maximum Gasteiger partial charge on any atom is 0.143 e. The molecule has 2 aromatic heterocycles. The monoisotopic (exact) mass is 854 g/mol. The van der Waals surface area contributed by atoms with Crippen molar-refractivity contribution < 1.29 is 4.42 Å². The van der Waals surface area contributed by atoms with Crippen LogP contribution in [-0.2, 0) is 0 Å². The minimum absolute atomic E-state index is 0.888. The molecule has 13 rings (SSSR count). The number of furan rings is 1. The fraction of sp³-hybridized carbons (Fsp3) is 0. The molecule has 11 aromatic carbocycles. The Hall–Kier alpha value is -8.92. The van der Waals surface area contributed by atoms with Gasteiger partial charge in [-0.1, -0.05) is 170 Å². The highest BCUT2D eigenvalue weighted by Gasteiger charge is 2.18. The standard InChI is InChI=1S/C64H42N2O/c1-3-13-47(14-4-1)56-19-11-20-58-60-42-51(31-39-63(60)67-64(56)58)46-28-36-55(37-29-46)65(53-32-24-44(25-33-53)49-23-22-43-12-7-8-15-48(43)40-49)54-34-26-45(27-35-54)50-30-38-62-59(41-50)57-18-9-10-21-61(57)66(62)52-16-5-2-6-17-52/h1-42H. The molecule has 67 heavy (non-hydrogen) atoms. The Morgan fingerprint density at radius 1 is 0.299 bits per heavy atom. The molecule has 3 heteroatoms. The van der Waals surface area contributed by atoms with Crippen LogP contribution in [0.1, 0.15) is 0 Å². The van der Waals surface area contributed by atoms with Crippen LogP contribution in [0.4, 0.5) is 17.1 Å². The highest BCUT2D eigenvalue weighted by Crippen LogP contribution is 2.41. The van der Waals surface area contributed by atoms with Crippen molar-refractivity contribution in [3.8, 4) is 50.2 Å². The van der Waals surface area contributed by atoms with Crippen molar-refractivity contribution in [1.82, 2.24) is 4.57 Å². The maximum atomic E-state index is 6.52. The second-order valence-electron chi connectivity index (χ2n) is 17.3. The van der Waals surface area contributed by atoms with E-state index in [0.717, 1.165) is 66.9 Å². The van der Waals surface area contributed by atoms with Gasteiger partial charge in [0.15, 0.2) is 0 Å². The highest BCUT2D eigenvalue weighted by molar-refractivity contribution is 6.11. The van der Waals surface area contributed by atoms with E-state index in [2.05, 4.69) is 258 Å². The first kappa shape index (κ1) is 38.5. The Morgan fingerprint density at radius 2 is 0.806 bits per heavy atom. The third-order valence-corrected chi connectivity index (χ3v) is 13.4. The smallest absolute Gasteiger partial charge is 0.143 e. The second kappa shape index (κ2) is 16.0. The van der Waals surface area contributed by atoms with E-state index in [1.165, 1.54) is 54.8 Å². The van der Waals surface area contributed by atoms with Crippen LogP contribution in [0.2, 0.25) is 0 Å². The largest absolute Gasteiger partial charge is 0.455 e. The molecular weight excluding hydrogens is 813 g/mol. The van der Waals surface area contributed by atoms with E-state index in [-0.39, 0.29) is 0 Å². The number of hydrogen-bond donors (Lipinski definition) is 0. The second-order valence-corrected chi connectivity index (χ2v) is 17.3. The normalized spacial score (nSPS) is 11.6. The lowest BCUT2D eigenvalue weighted by atomic mass is 9.99. The molecule has 3 nitrogen and oxygen atoms in total. The van der Waals surface area contributed by atoms with Gasteiger partial charge in [0.1, 0.15) is 11.2 Å². The van der Waals surface area contributed by atoms with Crippen LogP contribution in [0.3, 0.4) is 0 Å². The zero-order valence-corrected chi connectivity index (χ0v) is 36.6. The van der Waals surface area contributed by atoms with Crippen LogP contribution in [0, 0.1) is 0 Å². The molecule has 0 saturated carbocycles. The molecule has 0 saturated heterocycles. The highest BCUT2D eigenvalue weighted by atomic mass is 16.3. The lowest BCUT2D eigenvalue weighted by Gasteiger charge is -2.26. The first-order chi connectivity index (χ1) is 33.2. The predicted molar refractivity (Wildman–Crippen MR) is 282 cm³/mol. The summed E-state index contributed by atoms with van der Waals surface area (Å²) in [6.07, 6.45) is 0. The summed E-state index contributed by atoms with van der Waals surface area (Å²) in [6, 6.07) is 91.8. The van der Waals surface area contributed by atoms with Crippen molar-refractivity contribution in [2.24, 2.45) is 0 Å². The zero-order chi connectivity index (χ0) is 44.3. The van der Waals surface area contributed by atoms with E-state index in [4.69, 9.17) is 4.42 Å². The maximum absolute atomic E-state index is 6.52. The summed E-state index contributed by atoms with van der Waals surface area (Å²) in [5.74, 6) is 0. The summed E-state index contributed by atoms with van der Waals surface area (Å²) in [5, 5.41) is 7.21. The SMILES string of the molecule is c1ccc(-c2cccc3c2oc2ccc(-c4ccc(N(c5ccc(-c6ccc7ccccc7c6)cc5)c5ccc(-c6ccc7c(c6)c6ccccc6n7-c6ccccc6)cc5)cc4)cc23)cc1. The van der Waals surface area contributed by atoms with Gasteiger partial charge < -0.3 is 13.9 Å². The molecule has 0 fully saturated rings. The quantitative estimate of drug-likeness (QED) is 0.152. The first-order valence-corrected chi connectivity index (χ1v) is 22.9. The van der Waals surface area contributed by atoms with Crippen molar-refractivity contribution in [2.75, 3.05) is 4.90 Å². The van der Waals surface area contributed by atoms with Crippen molar-refractivity contribution >= 4 is 71.6 Å². The fourth-order valence-corrected chi connectivity index (χ4v) is 10.1. The van der Waals surface area contributed by atoms with Gasteiger partial charge >= 0.3 is 0 Å². The van der Waals surface area contributed by atoms with Gasteiger partial charge in [-0.2, -0.15) is 0 Å². The summed E-state index contributed by atoms with van der Waals surface area (Å²) in [7, 11) is 0. The molecule has 13 aromatic rings. The molecule has 0 N–H and O–H groups in total. The van der Waals surface area contributed by atoms with Crippen LogP contribution in [0.5, 0.6) is 0 Å². The molecule has 0 bridgehead atoms. The van der Waals surface area contributed by atoms with E-state index in [0.29, 0.717) is 0 Å². The number of benzene rings is 11. The third-order valence-electron chi connectivity index (χ3n) is 13.4. The Balaban J connectivity index is 0.870. The van der Waals surface area contributed by atoms with Crippen LogP contribution in [0.15, 0.2) is 259 Å². The zero-order valence-electron chi connectivity index (χ0n) is 36.6. The van der Waals surface area contributed by atoms with Crippen LogP contribution >= 0.6 is 0 Å². The number of nitrogens with zero attached hydrogens (tertiary/aromatic N) is 2. The Morgan fingerprint density at radius 3 is 1.49 bits per heavy atom. The average molecular weight is 855 g/mol. The summed E-state index contributed by atoms with van der Waals surface area (Å²) >= 11 is 0. The molecule has 0 spiro atoms. The molecule has 0 aliphatic heterocycles. The summed E-state index contributed by atoms with van der Waals surface area (Å²) < 4.78 is 8.88.